The van der Waals surface area contributed by atoms with E-state index in [2.05, 4.69) is 10.2 Å². The van der Waals surface area contributed by atoms with E-state index in [9.17, 15) is 9.59 Å². The highest BCUT2D eigenvalue weighted by Gasteiger charge is 2.16. The van der Waals surface area contributed by atoms with Crippen LogP contribution in [-0.2, 0) is 11.3 Å². The average molecular weight is 477 g/mol. The van der Waals surface area contributed by atoms with Gasteiger partial charge >= 0.3 is 5.97 Å². The molecule has 6 nitrogen and oxygen atoms in total. The Hall–Kier alpha value is -4.84. The van der Waals surface area contributed by atoms with Gasteiger partial charge in [0.1, 0.15) is 18.1 Å². The van der Waals surface area contributed by atoms with Crippen molar-refractivity contribution in [1.82, 2.24) is 0 Å². The minimum Gasteiger partial charge on any atom is -0.488 e. The van der Waals surface area contributed by atoms with Crippen LogP contribution in [0.15, 0.2) is 119 Å². The fourth-order valence-corrected chi connectivity index (χ4v) is 3.44. The van der Waals surface area contributed by atoms with Crippen molar-refractivity contribution in [3.05, 3.63) is 137 Å². The first-order chi connectivity index (χ1) is 17.7. The molecular formula is C30H24N2O4. The van der Waals surface area contributed by atoms with Crippen LogP contribution >= 0.6 is 0 Å². The molecule has 4 aromatic rings. The number of benzene rings is 4. The first-order valence-electron chi connectivity index (χ1n) is 11.3. The van der Waals surface area contributed by atoms with Gasteiger partial charge in [-0.25, -0.2) is 4.79 Å². The molecule has 0 atom stereocenters. The highest BCUT2D eigenvalue weighted by atomic mass is 16.5. The van der Waals surface area contributed by atoms with Crippen LogP contribution in [-0.4, -0.2) is 30.8 Å². The zero-order chi connectivity index (χ0) is 25.2. The standard InChI is InChI=1S/C30H24N2O4/c1-35-30(34)25-18-16-22(17-19-25)21-36-27-15-9-8-14-26(27)20-31-32-28(23-10-4-2-5-11-23)29(33)24-12-6-3-7-13-24/h2-20H,21H2,1H3. The predicted octanol–water partition coefficient (Wildman–Crippen LogP) is 5.76. The van der Waals surface area contributed by atoms with Crippen molar-refractivity contribution < 1.29 is 19.1 Å². The van der Waals surface area contributed by atoms with E-state index in [1.165, 1.54) is 7.11 Å². The lowest BCUT2D eigenvalue weighted by molar-refractivity contribution is 0.0600. The lowest BCUT2D eigenvalue weighted by Crippen LogP contribution is -2.15. The van der Waals surface area contributed by atoms with Crippen LogP contribution in [0.2, 0.25) is 0 Å². The number of hydrogen-bond donors (Lipinski definition) is 0. The Morgan fingerprint density at radius 1 is 0.722 bits per heavy atom. The van der Waals surface area contributed by atoms with Crippen molar-refractivity contribution in [2.45, 2.75) is 6.61 Å². The molecule has 0 unspecified atom stereocenters. The largest absolute Gasteiger partial charge is 0.488 e. The molecule has 36 heavy (non-hydrogen) atoms. The fourth-order valence-electron chi connectivity index (χ4n) is 3.44. The van der Waals surface area contributed by atoms with Crippen molar-refractivity contribution in [2.24, 2.45) is 10.2 Å². The quantitative estimate of drug-likeness (QED) is 0.133. The third-order valence-electron chi connectivity index (χ3n) is 5.34. The van der Waals surface area contributed by atoms with Crippen molar-refractivity contribution in [3.63, 3.8) is 0 Å². The molecule has 4 aromatic carbocycles. The topological polar surface area (TPSA) is 77.3 Å². The van der Waals surface area contributed by atoms with E-state index in [1.54, 1.807) is 30.5 Å². The maximum Gasteiger partial charge on any atom is 0.337 e. The van der Waals surface area contributed by atoms with E-state index in [0.717, 1.165) is 5.56 Å². The van der Waals surface area contributed by atoms with Gasteiger partial charge in [-0.3, -0.25) is 4.79 Å². The van der Waals surface area contributed by atoms with E-state index >= 15 is 0 Å². The molecule has 0 aliphatic carbocycles. The SMILES string of the molecule is COC(=O)c1ccc(COc2ccccc2C=NN=C(C(=O)c2ccccc2)c2ccccc2)cc1. The molecule has 0 fully saturated rings. The number of carbonyl (C=O) groups is 2. The Morgan fingerprint density at radius 2 is 1.33 bits per heavy atom. The van der Waals surface area contributed by atoms with E-state index in [0.29, 0.717) is 34.6 Å². The second-order valence-corrected chi connectivity index (χ2v) is 7.77. The number of ether oxygens (including phenoxy) is 2. The number of methoxy groups -OCH3 is 1. The summed E-state index contributed by atoms with van der Waals surface area (Å²) in [5.41, 5.74) is 3.56. The zero-order valence-corrected chi connectivity index (χ0v) is 19.7. The summed E-state index contributed by atoms with van der Waals surface area (Å²) in [7, 11) is 1.35. The maximum absolute atomic E-state index is 13.1. The molecular weight excluding hydrogens is 452 g/mol. The van der Waals surface area contributed by atoms with E-state index in [-0.39, 0.29) is 17.5 Å². The van der Waals surface area contributed by atoms with Gasteiger partial charge in [-0.05, 0) is 29.8 Å². The number of hydrogen-bond acceptors (Lipinski definition) is 6. The lowest BCUT2D eigenvalue weighted by Gasteiger charge is -2.09. The summed E-state index contributed by atoms with van der Waals surface area (Å²) in [6.45, 7) is 0.303. The summed E-state index contributed by atoms with van der Waals surface area (Å²) >= 11 is 0. The summed E-state index contributed by atoms with van der Waals surface area (Å²) in [6.07, 6.45) is 1.57. The van der Waals surface area contributed by atoms with Crippen LogP contribution < -0.4 is 4.74 Å². The number of para-hydroxylation sites is 1. The van der Waals surface area contributed by atoms with Crippen molar-refractivity contribution in [1.29, 1.82) is 0 Å². The van der Waals surface area contributed by atoms with Crippen molar-refractivity contribution in [2.75, 3.05) is 7.11 Å². The molecule has 0 amide bonds. The number of carbonyl (C=O) groups excluding carboxylic acids is 2. The van der Waals surface area contributed by atoms with Gasteiger partial charge in [-0.2, -0.15) is 5.10 Å². The van der Waals surface area contributed by atoms with Gasteiger partial charge < -0.3 is 9.47 Å². The Bertz CT molecular complexity index is 1380. The van der Waals surface area contributed by atoms with Crippen LogP contribution in [0, 0.1) is 0 Å². The number of Topliss-reactive ketones (excluding diaryl/α,β-unsaturated/α-hetero) is 1. The average Bonchev–Trinajstić information content (AvgIpc) is 2.95. The molecule has 0 radical (unpaired) electrons. The van der Waals surface area contributed by atoms with Gasteiger partial charge in [0.15, 0.2) is 0 Å². The van der Waals surface area contributed by atoms with Gasteiger partial charge in [0.25, 0.3) is 0 Å². The molecule has 0 aromatic heterocycles. The molecule has 0 aliphatic heterocycles. The van der Waals surface area contributed by atoms with E-state index < -0.39 is 0 Å². The van der Waals surface area contributed by atoms with Crippen molar-refractivity contribution >= 4 is 23.7 Å². The predicted molar refractivity (Wildman–Crippen MR) is 140 cm³/mol. The Balaban J connectivity index is 1.53. The first-order valence-corrected chi connectivity index (χ1v) is 11.3. The maximum atomic E-state index is 13.1. The molecule has 0 heterocycles. The Kier molecular flexibility index (Phi) is 8.12. The Labute approximate surface area is 209 Å². The molecule has 0 saturated heterocycles. The molecule has 0 N–H and O–H groups in total. The number of ketones is 1. The normalized spacial score (nSPS) is 11.3. The summed E-state index contributed by atoms with van der Waals surface area (Å²) in [5.74, 6) is 0.0215. The van der Waals surface area contributed by atoms with Crippen LogP contribution in [0.1, 0.15) is 37.4 Å². The van der Waals surface area contributed by atoms with Gasteiger partial charge in [-0.1, -0.05) is 84.9 Å². The van der Waals surface area contributed by atoms with Crippen LogP contribution in [0.5, 0.6) is 5.75 Å². The number of esters is 1. The van der Waals surface area contributed by atoms with Gasteiger partial charge in [-0.15, -0.1) is 5.10 Å². The molecule has 0 spiro atoms. The number of rotatable bonds is 9. The third-order valence-corrected chi connectivity index (χ3v) is 5.34. The minimum absolute atomic E-state index is 0.209. The number of nitrogens with zero attached hydrogens (tertiary/aromatic N) is 2. The first kappa shape index (κ1) is 24.3. The zero-order valence-electron chi connectivity index (χ0n) is 19.7. The Morgan fingerprint density at radius 3 is 2.00 bits per heavy atom. The monoisotopic (exact) mass is 476 g/mol. The molecule has 178 valence electrons. The summed E-state index contributed by atoms with van der Waals surface area (Å²) in [6, 6.07) is 32.7. The van der Waals surface area contributed by atoms with Gasteiger partial charge in [0, 0.05) is 16.7 Å². The lowest BCUT2D eigenvalue weighted by atomic mass is 10.0. The minimum atomic E-state index is -0.384. The van der Waals surface area contributed by atoms with Crippen LogP contribution in [0.25, 0.3) is 0 Å². The third kappa shape index (κ3) is 6.18. The second-order valence-electron chi connectivity index (χ2n) is 7.77. The molecule has 0 bridgehead atoms. The second kappa shape index (κ2) is 12.0. The van der Waals surface area contributed by atoms with Crippen LogP contribution in [0.4, 0.5) is 0 Å². The van der Waals surface area contributed by atoms with Crippen molar-refractivity contribution in [3.8, 4) is 5.75 Å². The van der Waals surface area contributed by atoms with Gasteiger partial charge in [0.2, 0.25) is 5.78 Å². The van der Waals surface area contributed by atoms with Crippen LogP contribution in [0.3, 0.4) is 0 Å². The van der Waals surface area contributed by atoms with E-state index in [1.807, 2.05) is 84.9 Å². The summed E-state index contributed by atoms with van der Waals surface area (Å²) in [5, 5.41) is 8.53. The van der Waals surface area contributed by atoms with E-state index in [4.69, 9.17) is 9.47 Å². The fraction of sp³-hybridized carbons (Fsp3) is 0.0667. The van der Waals surface area contributed by atoms with Gasteiger partial charge in [0.05, 0.1) is 18.9 Å². The summed E-state index contributed by atoms with van der Waals surface area (Å²) < 4.78 is 10.7. The smallest absolute Gasteiger partial charge is 0.337 e. The molecule has 6 heteroatoms. The highest BCUT2D eigenvalue weighted by Crippen LogP contribution is 2.18. The summed E-state index contributed by atoms with van der Waals surface area (Å²) in [4.78, 5) is 24.8. The highest BCUT2D eigenvalue weighted by molar-refractivity contribution is 6.51. The molecule has 4 rings (SSSR count). The molecule has 0 saturated carbocycles. The molecule has 0 aliphatic rings.